The Balaban J connectivity index is 1.66. The Bertz CT molecular complexity index is 653. The van der Waals surface area contributed by atoms with Crippen LogP contribution in [0.15, 0.2) is 12.1 Å². The molecule has 2 bridgehead atoms. The van der Waals surface area contributed by atoms with E-state index in [1.54, 1.807) is 0 Å². The predicted molar refractivity (Wildman–Crippen MR) is 96.8 cm³/mol. The number of fused-ring (bicyclic) bond motifs is 3. The van der Waals surface area contributed by atoms with E-state index in [2.05, 4.69) is 37.8 Å². The first-order chi connectivity index (χ1) is 11.4. The van der Waals surface area contributed by atoms with Gasteiger partial charge in [-0.25, -0.2) is 0 Å². The van der Waals surface area contributed by atoms with Gasteiger partial charge in [-0.15, -0.1) is 0 Å². The molecule has 4 heteroatoms. The fourth-order valence-corrected chi connectivity index (χ4v) is 5.53. The van der Waals surface area contributed by atoms with Crippen molar-refractivity contribution < 1.29 is 9.84 Å². The molecule has 1 aromatic rings. The minimum atomic E-state index is 0.0250. The normalized spacial score (nSPS) is 33.7. The molecule has 1 aromatic carbocycles. The number of benzene rings is 1. The topological polar surface area (TPSA) is 32.7 Å². The lowest BCUT2D eigenvalue weighted by atomic mass is 9.72. The van der Waals surface area contributed by atoms with Gasteiger partial charge in [0.05, 0.1) is 13.2 Å². The molecular formula is C20H28ClNO2. The van der Waals surface area contributed by atoms with E-state index in [0.29, 0.717) is 18.7 Å². The minimum Gasteiger partial charge on any atom is -0.492 e. The lowest BCUT2D eigenvalue weighted by molar-refractivity contribution is 0.0712. The van der Waals surface area contributed by atoms with E-state index in [4.69, 9.17) is 16.3 Å². The van der Waals surface area contributed by atoms with Gasteiger partial charge in [0.1, 0.15) is 5.75 Å². The van der Waals surface area contributed by atoms with Crippen LogP contribution < -0.4 is 4.74 Å². The maximum absolute atomic E-state index is 10.0. The van der Waals surface area contributed by atoms with Crippen molar-refractivity contribution in [2.75, 3.05) is 13.2 Å². The lowest BCUT2D eigenvalue weighted by Gasteiger charge is -2.35. The molecule has 132 valence electrons. The highest BCUT2D eigenvalue weighted by molar-refractivity contribution is 6.30. The Labute approximate surface area is 149 Å². The van der Waals surface area contributed by atoms with Crippen LogP contribution in [-0.2, 0) is 12.0 Å². The summed E-state index contributed by atoms with van der Waals surface area (Å²) in [4.78, 5) is 2.61. The Morgan fingerprint density at radius 3 is 2.79 bits per heavy atom. The highest BCUT2D eigenvalue weighted by Gasteiger charge is 2.54. The quantitative estimate of drug-likeness (QED) is 0.886. The summed E-state index contributed by atoms with van der Waals surface area (Å²) in [6, 6.07) is 5.22. The molecule has 0 unspecified atom stereocenters. The average molecular weight is 350 g/mol. The summed E-state index contributed by atoms with van der Waals surface area (Å²) in [7, 11) is 0. The fourth-order valence-electron chi connectivity index (χ4n) is 5.29. The van der Waals surface area contributed by atoms with Crippen molar-refractivity contribution in [1.82, 2.24) is 4.90 Å². The molecule has 3 aliphatic heterocycles. The number of aliphatic hydroxyl groups excluding tert-OH is 1. The summed E-state index contributed by atoms with van der Waals surface area (Å²) in [6.07, 6.45) is 4.63. The highest BCUT2D eigenvalue weighted by atomic mass is 35.5. The SMILES string of the molecule is CC[C@]1(CO)C[C@H]2CC[C@@H]1N2Cc1cc(Cl)cc2c1OCC2(C)C. The van der Waals surface area contributed by atoms with Crippen LogP contribution in [0.25, 0.3) is 0 Å². The van der Waals surface area contributed by atoms with E-state index in [9.17, 15) is 5.11 Å². The zero-order chi connectivity index (χ0) is 17.1. The highest BCUT2D eigenvalue weighted by Crippen LogP contribution is 2.53. The largest absolute Gasteiger partial charge is 0.492 e. The molecule has 2 fully saturated rings. The number of nitrogens with zero attached hydrogens (tertiary/aromatic N) is 1. The Kier molecular flexibility index (Phi) is 3.91. The average Bonchev–Trinajstić information content (AvgIpc) is 3.18. The smallest absolute Gasteiger partial charge is 0.127 e. The molecule has 3 heterocycles. The van der Waals surface area contributed by atoms with Gasteiger partial charge in [-0.05, 0) is 37.8 Å². The minimum absolute atomic E-state index is 0.0250. The molecule has 2 saturated heterocycles. The molecule has 0 aromatic heterocycles. The predicted octanol–water partition coefficient (Wildman–Crippen LogP) is 4.14. The van der Waals surface area contributed by atoms with Crippen molar-refractivity contribution in [2.45, 2.75) is 70.5 Å². The second kappa shape index (κ2) is 5.62. The summed E-state index contributed by atoms with van der Waals surface area (Å²) in [5.74, 6) is 1.04. The van der Waals surface area contributed by atoms with Gasteiger partial charge in [0.15, 0.2) is 0 Å². The van der Waals surface area contributed by atoms with Crippen LogP contribution >= 0.6 is 11.6 Å². The molecule has 0 radical (unpaired) electrons. The van der Waals surface area contributed by atoms with Crippen LogP contribution in [-0.4, -0.2) is 35.3 Å². The van der Waals surface area contributed by atoms with Gasteiger partial charge < -0.3 is 9.84 Å². The van der Waals surface area contributed by atoms with Gasteiger partial charge in [0.25, 0.3) is 0 Å². The third kappa shape index (κ3) is 2.32. The van der Waals surface area contributed by atoms with Crippen molar-refractivity contribution in [2.24, 2.45) is 5.41 Å². The van der Waals surface area contributed by atoms with Gasteiger partial charge in [-0.3, -0.25) is 4.90 Å². The molecule has 3 atom stereocenters. The van der Waals surface area contributed by atoms with E-state index in [1.807, 2.05) is 0 Å². The molecule has 0 aliphatic carbocycles. The number of aliphatic hydroxyl groups is 1. The van der Waals surface area contributed by atoms with Gasteiger partial charge in [0.2, 0.25) is 0 Å². The summed E-state index contributed by atoms with van der Waals surface area (Å²) in [6.45, 7) is 8.56. The third-order valence-corrected chi connectivity index (χ3v) is 7.02. The van der Waals surface area contributed by atoms with Crippen LogP contribution in [0.1, 0.15) is 57.6 Å². The van der Waals surface area contributed by atoms with E-state index in [1.165, 1.54) is 24.0 Å². The van der Waals surface area contributed by atoms with Crippen LogP contribution in [0.3, 0.4) is 0 Å². The number of rotatable bonds is 4. The number of hydrogen-bond acceptors (Lipinski definition) is 3. The van der Waals surface area contributed by atoms with E-state index in [0.717, 1.165) is 36.8 Å². The van der Waals surface area contributed by atoms with Crippen molar-refractivity contribution in [3.63, 3.8) is 0 Å². The second-order valence-corrected chi connectivity index (χ2v) is 9.05. The molecule has 0 spiro atoms. The van der Waals surface area contributed by atoms with Crippen LogP contribution in [0.4, 0.5) is 0 Å². The van der Waals surface area contributed by atoms with Gasteiger partial charge in [0, 0.05) is 45.6 Å². The molecule has 3 nitrogen and oxygen atoms in total. The number of hydrogen-bond donors (Lipinski definition) is 1. The Morgan fingerprint density at radius 1 is 1.33 bits per heavy atom. The van der Waals surface area contributed by atoms with E-state index in [-0.39, 0.29) is 10.8 Å². The zero-order valence-corrected chi connectivity index (χ0v) is 15.7. The monoisotopic (exact) mass is 349 g/mol. The fraction of sp³-hybridized carbons (Fsp3) is 0.700. The lowest BCUT2D eigenvalue weighted by Crippen LogP contribution is -2.39. The molecule has 1 N–H and O–H groups in total. The standard InChI is InChI=1S/C20H28ClNO2/c1-4-20(11-23)9-15-5-6-17(20)22(15)10-13-7-14(21)8-16-18(13)24-12-19(16,2)3/h7-8,15,17,23H,4-6,9-12H2,1-3H3/t15-,17+,20-/m1/s1. The van der Waals surface area contributed by atoms with E-state index >= 15 is 0 Å². The zero-order valence-electron chi connectivity index (χ0n) is 14.9. The summed E-state index contributed by atoms with van der Waals surface area (Å²) in [5.41, 5.74) is 2.56. The maximum Gasteiger partial charge on any atom is 0.127 e. The number of halogens is 1. The molecule has 4 rings (SSSR count). The Morgan fingerprint density at radius 2 is 2.12 bits per heavy atom. The van der Waals surface area contributed by atoms with Crippen molar-refractivity contribution in [1.29, 1.82) is 0 Å². The van der Waals surface area contributed by atoms with Crippen molar-refractivity contribution in [3.05, 3.63) is 28.3 Å². The second-order valence-electron chi connectivity index (χ2n) is 8.61. The van der Waals surface area contributed by atoms with Crippen LogP contribution in [0.2, 0.25) is 5.02 Å². The summed E-state index contributed by atoms with van der Waals surface area (Å²) < 4.78 is 6.07. The van der Waals surface area contributed by atoms with Gasteiger partial charge in [-0.2, -0.15) is 0 Å². The first-order valence-electron chi connectivity index (χ1n) is 9.22. The van der Waals surface area contributed by atoms with Gasteiger partial charge in [-0.1, -0.05) is 32.4 Å². The van der Waals surface area contributed by atoms with Crippen LogP contribution in [0, 0.1) is 5.41 Å². The van der Waals surface area contributed by atoms with Gasteiger partial charge >= 0.3 is 0 Å². The number of ether oxygens (including phenoxy) is 1. The molecule has 3 aliphatic rings. The van der Waals surface area contributed by atoms with E-state index < -0.39 is 0 Å². The summed E-state index contributed by atoms with van der Waals surface area (Å²) in [5, 5.41) is 10.8. The molecule has 0 saturated carbocycles. The molecular weight excluding hydrogens is 322 g/mol. The van der Waals surface area contributed by atoms with Crippen molar-refractivity contribution in [3.8, 4) is 5.75 Å². The molecule has 24 heavy (non-hydrogen) atoms. The van der Waals surface area contributed by atoms with Crippen LogP contribution in [0.5, 0.6) is 5.75 Å². The Hall–Kier alpha value is -0.770. The third-order valence-electron chi connectivity index (χ3n) is 6.80. The summed E-state index contributed by atoms with van der Waals surface area (Å²) >= 11 is 6.43. The van der Waals surface area contributed by atoms with Crippen molar-refractivity contribution >= 4 is 11.6 Å². The maximum atomic E-state index is 10.0. The first kappa shape index (κ1) is 16.7. The first-order valence-corrected chi connectivity index (χ1v) is 9.60. The molecule has 0 amide bonds.